The summed E-state index contributed by atoms with van der Waals surface area (Å²) in [5.41, 5.74) is 0. The van der Waals surface area contributed by atoms with Gasteiger partial charge in [-0.1, -0.05) is 11.6 Å². The number of ether oxygens (including phenoxy) is 1. The molecule has 1 aromatic heterocycles. The molecule has 0 radical (unpaired) electrons. The molecule has 0 bridgehead atoms. The molecule has 2 rings (SSSR count). The van der Waals surface area contributed by atoms with Crippen LogP contribution in [0.25, 0.3) is 0 Å². The number of likely N-dealkylation sites (N-methyl/N-ethyl adjacent to an activating group) is 1. The molecule has 1 aromatic rings. The second-order valence-electron chi connectivity index (χ2n) is 4.78. The largest absolute Gasteiger partial charge is 0.478 e. The van der Waals surface area contributed by atoms with Crippen LogP contribution in [0.1, 0.15) is 12.8 Å². The minimum Gasteiger partial charge on any atom is -0.478 e. The number of carboxylic acids is 2. The standard InChI is InChI=1S/C10H14ClN3O.C4H4O4/c1-14-6-2-3-8(14)7-15-10-9(11)4-5-12-13-10;5-3(6)1-2-4(7)8/h4-5,8H,2-3,6-7H2,1H3;1-2H,(H,5,6)(H,7,8)/t8-;/m0./s1. The Morgan fingerprint density at radius 2 is 2.09 bits per heavy atom. The third-order valence-corrected chi connectivity index (χ3v) is 3.38. The van der Waals surface area contributed by atoms with E-state index in [2.05, 4.69) is 22.1 Å². The van der Waals surface area contributed by atoms with Crippen LogP contribution in [0.15, 0.2) is 24.4 Å². The number of likely N-dealkylation sites (tertiary alicyclic amines) is 1. The lowest BCUT2D eigenvalue weighted by Crippen LogP contribution is -2.30. The molecular formula is C14H18ClN3O5. The maximum atomic E-state index is 9.55. The molecule has 1 saturated heterocycles. The molecular weight excluding hydrogens is 326 g/mol. The molecule has 0 aliphatic carbocycles. The van der Waals surface area contributed by atoms with E-state index in [1.165, 1.54) is 12.8 Å². The highest BCUT2D eigenvalue weighted by atomic mass is 35.5. The van der Waals surface area contributed by atoms with Crippen molar-refractivity contribution in [3.63, 3.8) is 0 Å². The molecule has 9 heteroatoms. The summed E-state index contributed by atoms with van der Waals surface area (Å²) >= 11 is 5.90. The maximum absolute atomic E-state index is 9.55. The molecule has 1 atom stereocenters. The van der Waals surface area contributed by atoms with Gasteiger partial charge in [0.15, 0.2) is 0 Å². The fourth-order valence-electron chi connectivity index (χ4n) is 1.91. The van der Waals surface area contributed by atoms with Gasteiger partial charge in [0.2, 0.25) is 0 Å². The maximum Gasteiger partial charge on any atom is 0.328 e. The van der Waals surface area contributed by atoms with Crippen molar-refractivity contribution in [2.24, 2.45) is 0 Å². The van der Waals surface area contributed by atoms with Gasteiger partial charge in [0.1, 0.15) is 11.6 Å². The summed E-state index contributed by atoms with van der Waals surface area (Å²) < 4.78 is 5.54. The van der Waals surface area contributed by atoms with Crippen LogP contribution in [0.2, 0.25) is 5.02 Å². The van der Waals surface area contributed by atoms with E-state index in [4.69, 9.17) is 26.6 Å². The normalized spacial score (nSPS) is 17.6. The first-order chi connectivity index (χ1) is 10.9. The molecule has 0 saturated carbocycles. The van der Waals surface area contributed by atoms with Crippen LogP contribution in [0.3, 0.4) is 0 Å². The number of hydrogen-bond donors (Lipinski definition) is 2. The number of aliphatic carboxylic acids is 2. The second-order valence-corrected chi connectivity index (χ2v) is 5.19. The lowest BCUT2D eigenvalue weighted by molar-refractivity contribution is -0.134. The fraction of sp³-hybridized carbons (Fsp3) is 0.429. The Labute approximate surface area is 138 Å². The Kier molecular flexibility index (Phi) is 8.00. The summed E-state index contributed by atoms with van der Waals surface area (Å²) in [5.74, 6) is -2.08. The third kappa shape index (κ3) is 7.57. The van der Waals surface area contributed by atoms with Crippen molar-refractivity contribution < 1.29 is 24.5 Å². The number of halogens is 1. The first-order valence-corrected chi connectivity index (χ1v) is 7.22. The smallest absolute Gasteiger partial charge is 0.328 e. The zero-order valence-electron chi connectivity index (χ0n) is 12.6. The second kappa shape index (κ2) is 9.75. The van der Waals surface area contributed by atoms with E-state index in [-0.39, 0.29) is 0 Å². The average molecular weight is 344 g/mol. The van der Waals surface area contributed by atoms with Gasteiger partial charge in [-0.25, -0.2) is 9.59 Å². The van der Waals surface area contributed by atoms with Crippen LogP contribution in [0.5, 0.6) is 5.88 Å². The Bertz CT molecular complexity index is 551. The highest BCUT2D eigenvalue weighted by Crippen LogP contribution is 2.21. The van der Waals surface area contributed by atoms with Gasteiger partial charge in [-0.2, -0.15) is 5.10 Å². The van der Waals surface area contributed by atoms with Crippen molar-refractivity contribution in [3.05, 3.63) is 29.4 Å². The van der Waals surface area contributed by atoms with Gasteiger partial charge in [-0.3, -0.25) is 0 Å². The number of rotatable bonds is 5. The molecule has 1 fully saturated rings. The van der Waals surface area contributed by atoms with Crippen molar-refractivity contribution in [2.75, 3.05) is 20.2 Å². The van der Waals surface area contributed by atoms with Gasteiger partial charge in [0.25, 0.3) is 5.88 Å². The monoisotopic (exact) mass is 343 g/mol. The molecule has 1 aliphatic rings. The minimum absolute atomic E-state index is 0.430. The fourth-order valence-corrected chi connectivity index (χ4v) is 2.06. The lowest BCUT2D eigenvalue weighted by Gasteiger charge is -2.19. The first-order valence-electron chi connectivity index (χ1n) is 6.84. The van der Waals surface area contributed by atoms with E-state index >= 15 is 0 Å². The summed E-state index contributed by atoms with van der Waals surface area (Å²) in [7, 11) is 2.11. The Morgan fingerprint density at radius 3 is 2.57 bits per heavy atom. The highest BCUT2D eigenvalue weighted by Gasteiger charge is 2.21. The molecule has 2 N–H and O–H groups in total. The van der Waals surface area contributed by atoms with Gasteiger partial charge in [-0.15, -0.1) is 5.10 Å². The van der Waals surface area contributed by atoms with E-state index in [9.17, 15) is 9.59 Å². The van der Waals surface area contributed by atoms with E-state index in [1.807, 2.05) is 0 Å². The number of hydrogen-bond acceptors (Lipinski definition) is 6. The number of aromatic nitrogens is 2. The molecule has 2 heterocycles. The molecule has 1 aliphatic heterocycles. The van der Waals surface area contributed by atoms with Gasteiger partial charge in [0, 0.05) is 18.2 Å². The van der Waals surface area contributed by atoms with E-state index in [0.29, 0.717) is 35.7 Å². The first kappa shape index (κ1) is 18.9. The summed E-state index contributed by atoms with van der Waals surface area (Å²) in [5, 5.41) is 23.7. The zero-order chi connectivity index (χ0) is 17.2. The summed E-state index contributed by atoms with van der Waals surface area (Å²) in [6, 6.07) is 2.16. The van der Waals surface area contributed by atoms with Crippen molar-refractivity contribution in [3.8, 4) is 5.88 Å². The van der Waals surface area contributed by atoms with Gasteiger partial charge >= 0.3 is 11.9 Å². The van der Waals surface area contributed by atoms with Gasteiger partial charge in [0.05, 0.1) is 6.20 Å². The van der Waals surface area contributed by atoms with E-state index < -0.39 is 11.9 Å². The number of carbonyl (C=O) groups is 2. The quantitative estimate of drug-likeness (QED) is 0.769. The Hall–Kier alpha value is -2.19. The van der Waals surface area contributed by atoms with Crippen molar-refractivity contribution in [1.29, 1.82) is 0 Å². The van der Waals surface area contributed by atoms with Crippen LogP contribution < -0.4 is 4.74 Å². The Balaban J connectivity index is 0.000000284. The molecule has 23 heavy (non-hydrogen) atoms. The molecule has 0 unspecified atom stereocenters. The summed E-state index contributed by atoms with van der Waals surface area (Å²) in [6.07, 6.45) is 5.08. The molecule has 8 nitrogen and oxygen atoms in total. The highest BCUT2D eigenvalue weighted by molar-refractivity contribution is 6.31. The predicted molar refractivity (Wildman–Crippen MR) is 82.6 cm³/mol. The zero-order valence-corrected chi connectivity index (χ0v) is 13.3. The lowest BCUT2D eigenvalue weighted by atomic mass is 10.2. The molecule has 0 spiro atoms. The van der Waals surface area contributed by atoms with Crippen molar-refractivity contribution in [1.82, 2.24) is 15.1 Å². The Morgan fingerprint density at radius 1 is 1.43 bits per heavy atom. The van der Waals surface area contributed by atoms with Crippen molar-refractivity contribution >= 4 is 23.5 Å². The predicted octanol–water partition coefficient (Wildman–Crippen LogP) is 1.31. The molecule has 126 valence electrons. The summed E-state index contributed by atoms with van der Waals surface area (Å²) in [4.78, 5) is 21.4. The third-order valence-electron chi connectivity index (χ3n) is 3.09. The average Bonchev–Trinajstić information content (AvgIpc) is 2.90. The van der Waals surface area contributed by atoms with Crippen LogP contribution in [0.4, 0.5) is 0 Å². The number of carboxylic acid groups (broad SMARTS) is 2. The van der Waals surface area contributed by atoms with E-state index in [1.54, 1.807) is 12.3 Å². The number of nitrogens with zero attached hydrogens (tertiary/aromatic N) is 3. The van der Waals surface area contributed by atoms with Crippen LogP contribution >= 0.6 is 11.6 Å². The van der Waals surface area contributed by atoms with Gasteiger partial charge < -0.3 is 19.8 Å². The van der Waals surface area contributed by atoms with Crippen LogP contribution in [0, 0.1) is 0 Å². The minimum atomic E-state index is -1.26. The van der Waals surface area contributed by atoms with Crippen LogP contribution in [-0.4, -0.2) is 63.5 Å². The SMILES string of the molecule is CN1CCC[C@H]1COc1nnccc1Cl.O=C(O)C=CC(=O)O. The molecule has 0 amide bonds. The summed E-state index contributed by atoms with van der Waals surface area (Å²) in [6.45, 7) is 1.77. The topological polar surface area (TPSA) is 113 Å². The van der Waals surface area contributed by atoms with Crippen LogP contribution in [-0.2, 0) is 9.59 Å². The van der Waals surface area contributed by atoms with Gasteiger partial charge in [-0.05, 0) is 32.5 Å². The van der Waals surface area contributed by atoms with Crippen molar-refractivity contribution in [2.45, 2.75) is 18.9 Å². The molecule has 0 aromatic carbocycles. The van der Waals surface area contributed by atoms with E-state index in [0.717, 1.165) is 6.54 Å².